The van der Waals surface area contributed by atoms with Gasteiger partial charge in [-0.2, -0.15) is 5.26 Å². The molecule has 4 atom stereocenters. The van der Waals surface area contributed by atoms with E-state index in [1.807, 2.05) is 81.4 Å². The topological polar surface area (TPSA) is 180 Å². The number of nitrogens with one attached hydrogen (secondary N) is 3. The van der Waals surface area contributed by atoms with E-state index < -0.39 is 36.1 Å². The summed E-state index contributed by atoms with van der Waals surface area (Å²) in [5, 5.41) is 29.7. The van der Waals surface area contributed by atoms with E-state index in [-0.39, 0.29) is 55.6 Å². The third-order valence-corrected chi connectivity index (χ3v) is 13.9. The monoisotopic (exact) mass is 924 g/mol. The number of amides is 3. The number of thiazole rings is 1. The van der Waals surface area contributed by atoms with Crippen LogP contribution in [-0.4, -0.2) is 111 Å². The quantitative estimate of drug-likeness (QED) is 0.0819. The Balaban J connectivity index is 0.869. The number of nitriles is 1. The van der Waals surface area contributed by atoms with Crippen LogP contribution < -0.4 is 20.9 Å². The highest BCUT2D eigenvalue weighted by Crippen LogP contribution is 2.36. The van der Waals surface area contributed by atoms with Crippen molar-refractivity contribution >= 4 is 46.5 Å². The van der Waals surface area contributed by atoms with E-state index in [1.165, 1.54) is 11.1 Å². The van der Waals surface area contributed by atoms with Crippen molar-refractivity contribution < 1.29 is 28.3 Å². The number of hydrogen-bond donors (Lipinski definition) is 4. The normalized spacial score (nSPS) is 19.7. The zero-order valence-corrected chi connectivity index (χ0v) is 39.3. The molecule has 3 aromatic heterocycles. The van der Waals surface area contributed by atoms with E-state index in [2.05, 4.69) is 37.0 Å². The number of β-amino-alcohol motifs (C(OH)–C–C–N with tert-alkyl or cyclic N) is 1. The number of pyridine rings is 2. The molecule has 0 radical (unpaired) electrons. The minimum Gasteiger partial charge on any atom is -0.391 e. The first-order valence-corrected chi connectivity index (χ1v) is 23.9. The molecule has 3 aliphatic rings. The van der Waals surface area contributed by atoms with Crippen LogP contribution in [0.4, 0.5) is 26.2 Å². The molecule has 1 aromatic carbocycles. The molecule has 6 heterocycles. The third-order valence-electron chi connectivity index (χ3n) is 13.0. The average molecular weight is 925 g/mol. The van der Waals surface area contributed by atoms with Gasteiger partial charge in [-0.25, -0.2) is 23.7 Å². The Hall–Kier alpha value is -5.57. The lowest BCUT2D eigenvalue weighted by Gasteiger charge is -2.35. The molecular weight excluding hydrogens is 863 g/mol. The van der Waals surface area contributed by atoms with Crippen molar-refractivity contribution in [1.82, 2.24) is 35.4 Å². The van der Waals surface area contributed by atoms with E-state index in [0.29, 0.717) is 55.5 Å². The molecule has 17 heteroatoms. The highest BCUT2D eigenvalue weighted by atomic mass is 32.1. The van der Waals surface area contributed by atoms with Crippen molar-refractivity contribution in [1.29, 1.82) is 5.26 Å². The van der Waals surface area contributed by atoms with Crippen molar-refractivity contribution in [3.63, 3.8) is 0 Å². The summed E-state index contributed by atoms with van der Waals surface area (Å²) in [5.41, 5.74) is 5.71. The van der Waals surface area contributed by atoms with Crippen LogP contribution in [0.25, 0.3) is 10.4 Å². The van der Waals surface area contributed by atoms with Crippen molar-refractivity contribution in [2.45, 2.75) is 122 Å². The molecule has 0 bridgehead atoms. The molecule has 352 valence electrons. The van der Waals surface area contributed by atoms with E-state index in [0.717, 1.165) is 52.9 Å². The Labute approximate surface area is 390 Å². The summed E-state index contributed by atoms with van der Waals surface area (Å²) in [6, 6.07) is 15.4. The van der Waals surface area contributed by atoms with Crippen LogP contribution in [0.15, 0.2) is 60.2 Å². The Morgan fingerprint density at radius 2 is 1.77 bits per heavy atom. The number of alkyl halides is 2. The van der Waals surface area contributed by atoms with Crippen LogP contribution in [0.2, 0.25) is 0 Å². The van der Waals surface area contributed by atoms with Gasteiger partial charge in [0.05, 0.1) is 52.4 Å². The number of anilines is 3. The number of aryl methyl sites for hydroxylation is 1. The van der Waals surface area contributed by atoms with Gasteiger partial charge in [-0.05, 0) is 98.4 Å². The van der Waals surface area contributed by atoms with Crippen molar-refractivity contribution in [3.05, 3.63) is 82.6 Å². The fourth-order valence-electron chi connectivity index (χ4n) is 9.20. The maximum absolute atomic E-state index is 14.2. The first-order valence-electron chi connectivity index (χ1n) is 23.1. The standard InChI is InChI=1S/C49H62F2N10O4S/c1-31(34-10-12-36(13-11-34)44-32(2)55-30-66-44)56-46(64)39-26-38(62)28-61(39)47(65)45(48(3,4)5)54-18-8-6-7-9-43(63)59-20-15-35(16-21-59)37-24-41(57-40-23-33(27-52)14-19-53-40)58-42(25-37)60-22-17-49(50,51)29-60/h10-14,19,23-25,30-31,35,38-39,45,54,62H,6-9,15-18,20-22,26,28-29H2,1-5H3,(H,56,64)(H,53,57,58)/t31-,38+,39-,45+/m0/s1. The number of aliphatic hydroxyl groups excluding tert-OH is 1. The van der Waals surface area contributed by atoms with Gasteiger partial charge in [0.2, 0.25) is 17.7 Å². The predicted molar refractivity (Wildman–Crippen MR) is 251 cm³/mol. The number of benzene rings is 1. The summed E-state index contributed by atoms with van der Waals surface area (Å²) in [5.74, 6) is -1.76. The molecule has 14 nitrogen and oxygen atoms in total. The summed E-state index contributed by atoms with van der Waals surface area (Å²) in [6.07, 6.45) is 4.74. The Morgan fingerprint density at radius 3 is 2.44 bits per heavy atom. The number of hydrogen-bond acceptors (Lipinski definition) is 12. The lowest BCUT2D eigenvalue weighted by molar-refractivity contribution is -0.142. The summed E-state index contributed by atoms with van der Waals surface area (Å²) in [6.45, 7) is 11.4. The van der Waals surface area contributed by atoms with Gasteiger partial charge in [-0.15, -0.1) is 11.3 Å². The fraction of sp³-hybridized carbons (Fsp3) is 0.531. The van der Waals surface area contributed by atoms with Crippen LogP contribution in [-0.2, 0) is 14.4 Å². The first kappa shape index (κ1) is 48.4. The van der Waals surface area contributed by atoms with Crippen LogP contribution in [0, 0.1) is 23.7 Å². The number of likely N-dealkylation sites (tertiary alicyclic amines) is 2. The zero-order valence-electron chi connectivity index (χ0n) is 38.5. The second-order valence-corrected chi connectivity index (χ2v) is 19.9. The minimum absolute atomic E-state index is 0.0840. The fourth-order valence-corrected chi connectivity index (χ4v) is 10.0. The molecule has 3 fully saturated rings. The molecule has 4 N–H and O–H groups in total. The van der Waals surface area contributed by atoms with Gasteiger partial charge < -0.3 is 35.8 Å². The second kappa shape index (κ2) is 20.9. The Bertz CT molecular complexity index is 2380. The molecule has 0 saturated carbocycles. The molecule has 0 unspecified atom stereocenters. The molecule has 7 rings (SSSR count). The van der Waals surface area contributed by atoms with Crippen molar-refractivity contribution in [2.75, 3.05) is 49.5 Å². The van der Waals surface area contributed by atoms with Gasteiger partial charge in [-0.3, -0.25) is 14.4 Å². The molecular formula is C49H62F2N10O4S. The maximum Gasteiger partial charge on any atom is 0.266 e. The number of rotatable bonds is 16. The van der Waals surface area contributed by atoms with Crippen LogP contribution in [0.5, 0.6) is 0 Å². The van der Waals surface area contributed by atoms with Gasteiger partial charge in [0, 0.05) is 51.6 Å². The highest BCUT2D eigenvalue weighted by molar-refractivity contribution is 7.13. The number of piperidine rings is 1. The number of aliphatic hydroxyl groups is 1. The predicted octanol–water partition coefficient (Wildman–Crippen LogP) is 7.48. The average Bonchev–Trinajstić information content (AvgIpc) is 4.02. The van der Waals surface area contributed by atoms with E-state index >= 15 is 0 Å². The molecule has 3 aliphatic heterocycles. The van der Waals surface area contributed by atoms with Crippen molar-refractivity contribution in [3.8, 4) is 16.5 Å². The zero-order chi connectivity index (χ0) is 47.2. The summed E-state index contributed by atoms with van der Waals surface area (Å²) >= 11 is 1.59. The summed E-state index contributed by atoms with van der Waals surface area (Å²) < 4.78 is 28.5. The minimum atomic E-state index is -2.79. The maximum atomic E-state index is 14.2. The Kier molecular flexibility index (Phi) is 15.3. The largest absolute Gasteiger partial charge is 0.391 e. The molecule has 3 saturated heterocycles. The SMILES string of the molecule is Cc1ncsc1-c1ccc([C@H](C)NC(=O)[C@@H]2C[C@@H](O)CN2C(=O)[C@@H](NCCCCCC(=O)N2CCC(c3cc(Nc4cc(C#N)ccn4)nc(N4CCC(F)(F)C4)c3)CC2)C(C)(C)C)cc1. The van der Waals surface area contributed by atoms with Crippen LogP contribution >= 0.6 is 11.3 Å². The molecule has 0 spiro atoms. The first-order chi connectivity index (χ1) is 31.5. The van der Waals surface area contributed by atoms with Gasteiger partial charge in [-0.1, -0.05) is 51.5 Å². The van der Waals surface area contributed by atoms with E-state index in [4.69, 9.17) is 0 Å². The third kappa shape index (κ3) is 12.1. The number of halogens is 2. The number of carbonyl (C=O) groups excluding carboxylic acids is 3. The Morgan fingerprint density at radius 1 is 1.02 bits per heavy atom. The van der Waals surface area contributed by atoms with Crippen LogP contribution in [0.3, 0.4) is 0 Å². The molecule has 66 heavy (non-hydrogen) atoms. The summed E-state index contributed by atoms with van der Waals surface area (Å²) in [4.78, 5) is 60.7. The molecule has 4 aromatic rings. The lowest BCUT2D eigenvalue weighted by Crippen LogP contribution is -2.56. The van der Waals surface area contributed by atoms with Gasteiger partial charge in [0.1, 0.15) is 23.5 Å². The second-order valence-electron chi connectivity index (χ2n) is 19.1. The number of aromatic nitrogens is 3. The van der Waals surface area contributed by atoms with Crippen LogP contribution in [0.1, 0.15) is 113 Å². The smallest absolute Gasteiger partial charge is 0.266 e. The molecule has 3 amide bonds. The molecule has 0 aliphatic carbocycles. The lowest BCUT2D eigenvalue weighted by atomic mass is 9.85. The number of carbonyl (C=O) groups is 3. The van der Waals surface area contributed by atoms with E-state index in [1.54, 1.807) is 28.4 Å². The van der Waals surface area contributed by atoms with Gasteiger partial charge in [0.15, 0.2) is 0 Å². The van der Waals surface area contributed by atoms with Gasteiger partial charge in [0.25, 0.3) is 5.92 Å². The number of unbranched alkanes of at least 4 members (excludes halogenated alkanes) is 2. The van der Waals surface area contributed by atoms with Gasteiger partial charge >= 0.3 is 0 Å². The van der Waals surface area contributed by atoms with Crippen molar-refractivity contribution in [2.24, 2.45) is 5.41 Å². The van der Waals surface area contributed by atoms with E-state index in [9.17, 15) is 33.5 Å². The highest BCUT2D eigenvalue weighted by Gasteiger charge is 2.44. The summed E-state index contributed by atoms with van der Waals surface area (Å²) in [7, 11) is 0. The number of nitrogens with zero attached hydrogens (tertiary/aromatic N) is 7.